The van der Waals surface area contributed by atoms with Crippen molar-refractivity contribution in [1.82, 2.24) is 24.4 Å². The Morgan fingerprint density at radius 3 is 2.27 bits per heavy atom. The Morgan fingerprint density at radius 2 is 1.58 bits per heavy atom. The average molecular weight is 461 g/mol. The third-order valence-electron chi connectivity index (χ3n) is 5.40. The number of benzene rings is 2. The van der Waals surface area contributed by atoms with Crippen molar-refractivity contribution in [1.29, 1.82) is 0 Å². The van der Waals surface area contributed by atoms with Gasteiger partial charge in [-0.3, -0.25) is 19.1 Å². The van der Waals surface area contributed by atoms with Crippen LogP contribution in [0.3, 0.4) is 0 Å². The van der Waals surface area contributed by atoms with Gasteiger partial charge in [0.1, 0.15) is 0 Å². The highest BCUT2D eigenvalue weighted by molar-refractivity contribution is 7.99. The molecule has 1 aliphatic heterocycles. The lowest BCUT2D eigenvalue weighted by molar-refractivity contribution is 0.0655. The third-order valence-corrected chi connectivity index (χ3v) is 6.33. The molecule has 2 amide bonds. The second-order valence-corrected chi connectivity index (χ2v) is 8.62. The summed E-state index contributed by atoms with van der Waals surface area (Å²) >= 11 is 1.37. The van der Waals surface area contributed by atoms with Gasteiger partial charge >= 0.3 is 0 Å². The smallest absolute Gasteiger partial charge is 0.296 e. The first-order valence-corrected chi connectivity index (χ1v) is 11.4. The summed E-state index contributed by atoms with van der Waals surface area (Å²) in [5, 5.41) is 10.8. The largest absolute Gasteiger partial charge is 0.480 e. The summed E-state index contributed by atoms with van der Waals surface area (Å²) in [6.45, 7) is 0.702. The lowest BCUT2D eigenvalue weighted by Gasteiger charge is -2.13. The van der Waals surface area contributed by atoms with Crippen molar-refractivity contribution >= 4 is 40.6 Å². The minimum atomic E-state index is -0.261. The minimum absolute atomic E-state index is 0.178. The molecule has 2 aromatic carbocycles. The highest BCUT2D eigenvalue weighted by atomic mass is 32.2. The first-order valence-electron chi connectivity index (χ1n) is 10.4. The summed E-state index contributed by atoms with van der Waals surface area (Å²) in [6, 6.07) is 16.3. The molecule has 0 radical (unpaired) electrons. The molecule has 9 nitrogen and oxygen atoms in total. The number of amides is 2. The molecule has 0 unspecified atom stereocenters. The highest BCUT2D eigenvalue weighted by Gasteiger charge is 2.34. The van der Waals surface area contributed by atoms with Gasteiger partial charge in [0.2, 0.25) is 0 Å². The molecule has 1 aliphatic rings. The van der Waals surface area contributed by atoms with Crippen molar-refractivity contribution in [2.24, 2.45) is 0 Å². The van der Waals surface area contributed by atoms with E-state index in [1.807, 2.05) is 30.3 Å². The van der Waals surface area contributed by atoms with E-state index in [1.54, 1.807) is 28.8 Å². The van der Waals surface area contributed by atoms with Crippen molar-refractivity contribution in [3.8, 4) is 6.01 Å². The zero-order valence-corrected chi connectivity index (χ0v) is 18.3. The molecule has 166 valence electrons. The number of hydrogen-bond acceptors (Lipinski definition) is 8. The van der Waals surface area contributed by atoms with Crippen LogP contribution in [0.5, 0.6) is 6.01 Å². The predicted octanol–water partition coefficient (Wildman–Crippen LogP) is 2.94. The van der Waals surface area contributed by atoms with Gasteiger partial charge in [0.15, 0.2) is 22.1 Å². The van der Waals surface area contributed by atoms with Gasteiger partial charge < -0.3 is 10.8 Å². The van der Waals surface area contributed by atoms with Crippen LogP contribution >= 0.6 is 11.8 Å². The number of anilines is 1. The normalized spacial score (nSPS) is 13.2. The predicted molar refractivity (Wildman–Crippen MR) is 124 cm³/mol. The molecule has 4 aromatic rings. The standard InChI is InChI=1S/C23H20N6O3S/c24-18-17-19(29(23(32)25-17)13-14-7-2-1-3-8-14)27-22(26-18)33-12-6-11-28-20(30)15-9-4-5-10-16(15)21(28)31/h1-5,7-10H,6,11-13H2,(H,25,32)(H2,24,26,27). The van der Waals surface area contributed by atoms with Crippen molar-refractivity contribution in [2.45, 2.75) is 18.1 Å². The summed E-state index contributed by atoms with van der Waals surface area (Å²) in [6.07, 6.45) is 0.575. The number of rotatable bonds is 7. The van der Waals surface area contributed by atoms with Crippen LogP contribution in [0.25, 0.3) is 11.2 Å². The Labute approximate surface area is 193 Å². The molecule has 0 spiro atoms. The van der Waals surface area contributed by atoms with Crippen LogP contribution in [0, 0.1) is 0 Å². The van der Waals surface area contributed by atoms with Gasteiger partial charge in [0, 0.05) is 12.3 Å². The van der Waals surface area contributed by atoms with Crippen molar-refractivity contribution in [2.75, 3.05) is 18.0 Å². The summed E-state index contributed by atoms with van der Waals surface area (Å²) in [5.74, 6) is 0.243. The van der Waals surface area contributed by atoms with Crippen molar-refractivity contribution in [3.63, 3.8) is 0 Å². The number of imidazole rings is 1. The molecule has 33 heavy (non-hydrogen) atoms. The van der Waals surface area contributed by atoms with E-state index in [9.17, 15) is 14.7 Å². The number of thioether (sulfide) groups is 1. The number of carbonyl (C=O) groups is 2. The fraction of sp³-hybridized carbons (Fsp3) is 0.174. The molecular formula is C23H20N6O3S. The summed E-state index contributed by atoms with van der Waals surface area (Å²) in [7, 11) is 0. The zero-order chi connectivity index (χ0) is 22.9. The Balaban J connectivity index is 1.28. The van der Waals surface area contributed by atoms with E-state index < -0.39 is 0 Å². The van der Waals surface area contributed by atoms with Gasteiger partial charge in [0.25, 0.3) is 17.8 Å². The van der Waals surface area contributed by atoms with Crippen LogP contribution in [0.15, 0.2) is 59.8 Å². The van der Waals surface area contributed by atoms with Crippen molar-refractivity contribution in [3.05, 3.63) is 71.3 Å². The van der Waals surface area contributed by atoms with E-state index in [-0.39, 0.29) is 23.6 Å². The second kappa shape index (κ2) is 8.55. The number of nitrogens with zero attached hydrogens (tertiary/aromatic N) is 5. The molecule has 0 saturated heterocycles. The number of aromatic nitrogens is 4. The molecule has 0 atom stereocenters. The number of nitrogen functional groups attached to an aromatic ring is 1. The summed E-state index contributed by atoms with van der Waals surface area (Å²) < 4.78 is 1.59. The van der Waals surface area contributed by atoms with E-state index >= 15 is 0 Å². The topological polar surface area (TPSA) is 127 Å². The van der Waals surface area contributed by atoms with Gasteiger partial charge in [-0.05, 0) is 24.1 Å². The lowest BCUT2D eigenvalue weighted by Crippen LogP contribution is -2.31. The summed E-state index contributed by atoms with van der Waals surface area (Å²) in [4.78, 5) is 39.2. The van der Waals surface area contributed by atoms with Crippen LogP contribution in [0.1, 0.15) is 32.7 Å². The van der Waals surface area contributed by atoms with Crippen LogP contribution in [-0.4, -0.2) is 53.6 Å². The maximum Gasteiger partial charge on any atom is 0.296 e. The molecule has 5 rings (SSSR count). The van der Waals surface area contributed by atoms with Gasteiger partial charge in [-0.25, -0.2) is 9.97 Å². The molecular weight excluding hydrogens is 440 g/mol. The highest BCUT2D eigenvalue weighted by Crippen LogP contribution is 2.27. The fourth-order valence-electron chi connectivity index (χ4n) is 3.79. The van der Waals surface area contributed by atoms with Gasteiger partial charge in [0.05, 0.1) is 17.7 Å². The van der Waals surface area contributed by atoms with E-state index in [0.717, 1.165) is 5.56 Å². The number of nitrogens with two attached hydrogens (primary N) is 1. The van der Waals surface area contributed by atoms with Gasteiger partial charge in [-0.15, -0.1) is 0 Å². The fourth-order valence-corrected chi connectivity index (χ4v) is 4.56. The molecule has 3 heterocycles. The quantitative estimate of drug-likeness (QED) is 0.187. The maximum atomic E-state index is 12.5. The van der Waals surface area contributed by atoms with E-state index in [0.29, 0.717) is 52.7 Å². The Morgan fingerprint density at radius 1 is 0.909 bits per heavy atom. The summed E-state index contributed by atoms with van der Waals surface area (Å²) in [5.41, 5.74) is 8.75. The molecule has 0 aliphatic carbocycles. The number of carbonyl (C=O) groups excluding carboxylic acids is 2. The average Bonchev–Trinajstić information content (AvgIpc) is 3.26. The van der Waals surface area contributed by atoms with Crippen LogP contribution < -0.4 is 5.73 Å². The molecule has 0 fully saturated rings. The Hall–Kier alpha value is -3.92. The van der Waals surface area contributed by atoms with Crippen LogP contribution in [0.4, 0.5) is 5.82 Å². The number of fused-ring (bicyclic) bond motifs is 2. The molecule has 3 N–H and O–H groups in total. The molecule has 10 heteroatoms. The number of hydrogen-bond donors (Lipinski definition) is 2. The van der Waals surface area contributed by atoms with Gasteiger partial charge in [-0.1, -0.05) is 54.2 Å². The van der Waals surface area contributed by atoms with E-state index in [1.165, 1.54) is 16.7 Å². The monoisotopic (exact) mass is 460 g/mol. The number of aromatic hydroxyl groups is 1. The Kier molecular flexibility index (Phi) is 5.43. The first kappa shape index (κ1) is 21.0. The van der Waals surface area contributed by atoms with Crippen LogP contribution in [-0.2, 0) is 6.54 Å². The van der Waals surface area contributed by atoms with E-state index in [4.69, 9.17) is 5.73 Å². The Bertz CT molecular complexity index is 1340. The van der Waals surface area contributed by atoms with Gasteiger partial charge in [-0.2, -0.15) is 4.98 Å². The van der Waals surface area contributed by atoms with Crippen molar-refractivity contribution < 1.29 is 14.7 Å². The SMILES string of the molecule is Nc1nc(SCCCN2C(=O)c3ccccc3C2=O)nc2c1nc(O)n2Cc1ccccc1. The number of imide groups is 1. The first-order chi connectivity index (χ1) is 16.0. The molecule has 0 saturated carbocycles. The lowest BCUT2D eigenvalue weighted by atomic mass is 10.1. The molecule has 0 bridgehead atoms. The maximum absolute atomic E-state index is 12.5. The molecule has 2 aromatic heterocycles. The van der Waals surface area contributed by atoms with Crippen LogP contribution in [0.2, 0.25) is 0 Å². The third kappa shape index (κ3) is 3.89. The minimum Gasteiger partial charge on any atom is -0.480 e. The van der Waals surface area contributed by atoms with E-state index in [2.05, 4.69) is 15.0 Å². The second-order valence-electron chi connectivity index (χ2n) is 7.56. The zero-order valence-electron chi connectivity index (χ0n) is 17.5.